The van der Waals surface area contributed by atoms with E-state index >= 15 is 0 Å². The lowest BCUT2D eigenvalue weighted by molar-refractivity contribution is 0.142. The number of fused-ring (bicyclic) bond motifs is 1. The van der Waals surface area contributed by atoms with E-state index in [0.29, 0.717) is 47.6 Å². The summed E-state index contributed by atoms with van der Waals surface area (Å²) in [6.07, 6.45) is -0.337. The van der Waals surface area contributed by atoms with Gasteiger partial charge in [0.15, 0.2) is 5.82 Å². The average Bonchev–Trinajstić information content (AvgIpc) is 3.16. The molecule has 2 heterocycles. The van der Waals surface area contributed by atoms with Crippen LogP contribution in [0.1, 0.15) is 6.42 Å². The summed E-state index contributed by atoms with van der Waals surface area (Å²) in [5.74, 6) is 0.525. The monoisotopic (exact) mass is 382 g/mol. The molecule has 1 fully saturated rings. The number of likely N-dealkylation sites (N-methyl/N-ethyl adjacent to an activating group) is 1. The van der Waals surface area contributed by atoms with Crippen LogP contribution in [0.4, 0.5) is 15.0 Å². The molecule has 2 N–H and O–H groups in total. The average molecular weight is 382 g/mol. The van der Waals surface area contributed by atoms with Gasteiger partial charge in [-0.3, -0.25) is 0 Å². The highest BCUT2D eigenvalue weighted by Crippen LogP contribution is 2.33. The standard InChI is InChI=1S/C20H19FN4O3/c1-24(20(27)28)13-8-9-25(11-13)19-15-10-12(21)6-7-16(15)22-18(23-19)14-4-2-3-5-17(14)26/h2-7,10,13,26H,8-9,11H2,1H3,(H,27,28)/t13-/m0/s1. The van der Waals surface area contributed by atoms with Crippen LogP contribution in [0.2, 0.25) is 0 Å². The van der Waals surface area contributed by atoms with Crippen molar-refractivity contribution in [1.82, 2.24) is 14.9 Å². The first-order chi connectivity index (χ1) is 13.4. The van der Waals surface area contributed by atoms with Crippen LogP contribution in [-0.4, -0.2) is 57.4 Å². The number of nitrogens with zero attached hydrogens (tertiary/aromatic N) is 4. The number of anilines is 1. The Bertz CT molecular complexity index is 1060. The number of halogens is 1. The highest BCUT2D eigenvalue weighted by molar-refractivity contribution is 5.91. The predicted molar refractivity (Wildman–Crippen MR) is 103 cm³/mol. The first-order valence-electron chi connectivity index (χ1n) is 8.90. The maximum absolute atomic E-state index is 13.9. The van der Waals surface area contributed by atoms with E-state index in [1.54, 1.807) is 37.4 Å². The van der Waals surface area contributed by atoms with Crippen molar-refractivity contribution < 1.29 is 19.4 Å². The summed E-state index contributed by atoms with van der Waals surface area (Å²) in [6, 6.07) is 10.9. The summed E-state index contributed by atoms with van der Waals surface area (Å²) in [6.45, 7) is 1.04. The summed E-state index contributed by atoms with van der Waals surface area (Å²) in [4.78, 5) is 23.6. The van der Waals surface area contributed by atoms with Crippen LogP contribution in [0.3, 0.4) is 0 Å². The third kappa shape index (κ3) is 3.17. The van der Waals surface area contributed by atoms with Crippen LogP contribution < -0.4 is 4.90 Å². The van der Waals surface area contributed by atoms with Crippen molar-refractivity contribution in [3.05, 3.63) is 48.3 Å². The number of aromatic nitrogens is 2. The summed E-state index contributed by atoms with van der Waals surface area (Å²) in [5, 5.41) is 20.0. The zero-order chi connectivity index (χ0) is 19.8. The summed E-state index contributed by atoms with van der Waals surface area (Å²) >= 11 is 0. The Labute approximate surface area is 160 Å². The summed E-state index contributed by atoms with van der Waals surface area (Å²) in [5.41, 5.74) is 1.04. The highest BCUT2D eigenvalue weighted by atomic mass is 19.1. The fourth-order valence-corrected chi connectivity index (χ4v) is 3.52. The molecule has 0 aliphatic carbocycles. The van der Waals surface area contributed by atoms with E-state index in [0.717, 1.165) is 0 Å². The Kier molecular flexibility index (Phi) is 4.46. The third-order valence-corrected chi connectivity index (χ3v) is 5.09. The fraction of sp³-hybridized carbons (Fsp3) is 0.250. The molecular formula is C20H19FN4O3. The van der Waals surface area contributed by atoms with Gasteiger partial charge in [-0.1, -0.05) is 12.1 Å². The second kappa shape index (κ2) is 6.95. The maximum atomic E-state index is 13.9. The predicted octanol–water partition coefficient (Wildman–Crippen LogP) is 3.33. The molecular weight excluding hydrogens is 363 g/mol. The lowest BCUT2D eigenvalue weighted by Crippen LogP contribution is -2.38. The molecule has 4 rings (SSSR count). The smallest absolute Gasteiger partial charge is 0.407 e. The highest BCUT2D eigenvalue weighted by Gasteiger charge is 2.30. The van der Waals surface area contributed by atoms with Gasteiger partial charge >= 0.3 is 6.09 Å². The Balaban J connectivity index is 1.81. The van der Waals surface area contributed by atoms with Crippen molar-refractivity contribution in [2.75, 3.05) is 25.0 Å². The molecule has 1 saturated heterocycles. The van der Waals surface area contributed by atoms with Gasteiger partial charge in [0.2, 0.25) is 0 Å². The molecule has 3 aromatic rings. The summed E-state index contributed by atoms with van der Waals surface area (Å²) < 4.78 is 13.9. The zero-order valence-corrected chi connectivity index (χ0v) is 15.2. The number of carbonyl (C=O) groups is 1. The number of phenolic OH excluding ortho intramolecular Hbond substituents is 1. The van der Waals surface area contributed by atoms with Crippen LogP contribution in [0.25, 0.3) is 22.3 Å². The molecule has 0 unspecified atom stereocenters. The van der Waals surface area contributed by atoms with Crippen molar-refractivity contribution in [2.24, 2.45) is 0 Å². The molecule has 0 bridgehead atoms. The van der Waals surface area contributed by atoms with E-state index in [2.05, 4.69) is 9.97 Å². The van der Waals surface area contributed by atoms with Gasteiger partial charge < -0.3 is 20.0 Å². The normalized spacial score (nSPS) is 16.5. The molecule has 8 heteroatoms. The lowest BCUT2D eigenvalue weighted by Gasteiger charge is -2.23. The zero-order valence-electron chi connectivity index (χ0n) is 15.2. The van der Waals surface area contributed by atoms with Gasteiger partial charge in [-0.2, -0.15) is 0 Å². The fourth-order valence-electron chi connectivity index (χ4n) is 3.52. The SMILES string of the molecule is CN(C(=O)O)[C@H]1CCN(c2nc(-c3ccccc3O)nc3ccc(F)cc23)C1. The molecule has 0 radical (unpaired) electrons. The van der Waals surface area contributed by atoms with Gasteiger partial charge in [0.25, 0.3) is 0 Å². The molecule has 2 aromatic carbocycles. The Hall–Kier alpha value is -3.42. The van der Waals surface area contributed by atoms with Gasteiger partial charge in [-0.25, -0.2) is 19.2 Å². The molecule has 7 nitrogen and oxygen atoms in total. The van der Waals surface area contributed by atoms with Crippen molar-refractivity contribution in [2.45, 2.75) is 12.5 Å². The second-order valence-electron chi connectivity index (χ2n) is 6.83. The molecule has 28 heavy (non-hydrogen) atoms. The van der Waals surface area contributed by atoms with E-state index in [-0.39, 0.29) is 11.8 Å². The molecule has 1 atom stereocenters. The number of amides is 1. The van der Waals surface area contributed by atoms with E-state index in [4.69, 9.17) is 0 Å². The Morgan fingerprint density at radius 1 is 1.25 bits per heavy atom. The topological polar surface area (TPSA) is 89.8 Å². The van der Waals surface area contributed by atoms with Gasteiger partial charge in [-0.15, -0.1) is 0 Å². The Morgan fingerprint density at radius 2 is 2.04 bits per heavy atom. The molecule has 144 valence electrons. The lowest BCUT2D eigenvalue weighted by atomic mass is 10.1. The van der Waals surface area contributed by atoms with Crippen molar-refractivity contribution in [3.63, 3.8) is 0 Å². The first-order valence-corrected chi connectivity index (χ1v) is 8.90. The molecule has 0 spiro atoms. The Morgan fingerprint density at radius 3 is 2.79 bits per heavy atom. The number of hydrogen-bond donors (Lipinski definition) is 2. The molecule has 1 aliphatic rings. The minimum atomic E-state index is -0.986. The minimum Gasteiger partial charge on any atom is -0.507 e. The molecule has 1 aromatic heterocycles. The number of phenols is 1. The number of hydrogen-bond acceptors (Lipinski definition) is 5. The largest absolute Gasteiger partial charge is 0.507 e. The van der Waals surface area contributed by atoms with Crippen LogP contribution in [-0.2, 0) is 0 Å². The van der Waals surface area contributed by atoms with E-state index < -0.39 is 11.9 Å². The van der Waals surface area contributed by atoms with Crippen LogP contribution in [0.5, 0.6) is 5.75 Å². The number of aromatic hydroxyl groups is 1. The second-order valence-corrected chi connectivity index (χ2v) is 6.83. The maximum Gasteiger partial charge on any atom is 0.407 e. The van der Waals surface area contributed by atoms with E-state index in [1.807, 2.05) is 4.90 Å². The van der Waals surface area contributed by atoms with Gasteiger partial charge in [0.05, 0.1) is 17.1 Å². The molecule has 1 amide bonds. The van der Waals surface area contributed by atoms with Crippen molar-refractivity contribution in [3.8, 4) is 17.1 Å². The molecule has 0 saturated carbocycles. The van der Waals surface area contributed by atoms with Gasteiger partial charge in [0.1, 0.15) is 17.4 Å². The number of rotatable bonds is 3. The van der Waals surface area contributed by atoms with Crippen molar-refractivity contribution in [1.29, 1.82) is 0 Å². The number of para-hydroxylation sites is 1. The minimum absolute atomic E-state index is 0.0554. The quantitative estimate of drug-likeness (QED) is 0.722. The number of carboxylic acid groups (broad SMARTS) is 1. The summed E-state index contributed by atoms with van der Waals surface area (Å²) in [7, 11) is 1.54. The van der Waals surface area contributed by atoms with Gasteiger partial charge in [0, 0.05) is 25.5 Å². The number of benzene rings is 2. The van der Waals surface area contributed by atoms with Crippen molar-refractivity contribution >= 4 is 22.8 Å². The van der Waals surface area contributed by atoms with E-state index in [9.17, 15) is 19.4 Å². The van der Waals surface area contributed by atoms with Crippen LogP contribution in [0, 0.1) is 5.82 Å². The van der Waals surface area contributed by atoms with Crippen LogP contribution in [0.15, 0.2) is 42.5 Å². The van der Waals surface area contributed by atoms with Gasteiger partial charge in [-0.05, 0) is 36.8 Å². The third-order valence-electron chi connectivity index (χ3n) is 5.09. The first kappa shape index (κ1) is 18.0. The molecule has 1 aliphatic heterocycles. The van der Waals surface area contributed by atoms with E-state index in [1.165, 1.54) is 17.0 Å². The van der Waals surface area contributed by atoms with Crippen LogP contribution >= 0.6 is 0 Å².